The monoisotopic (exact) mass is 470 g/mol. The summed E-state index contributed by atoms with van der Waals surface area (Å²) in [4.78, 5) is 11.8. The van der Waals surface area contributed by atoms with E-state index >= 15 is 0 Å². The van der Waals surface area contributed by atoms with Gasteiger partial charge in [-0.1, -0.05) is 15.9 Å². The molecule has 0 aromatic heterocycles. The minimum absolute atomic E-state index is 0.149. The van der Waals surface area contributed by atoms with Crippen molar-refractivity contribution in [1.29, 1.82) is 0 Å². The Morgan fingerprint density at radius 1 is 1.08 bits per heavy atom. The summed E-state index contributed by atoms with van der Waals surface area (Å²) >= 11 is 6.72. The Kier molecular flexibility index (Phi) is 7.27. The quantitative estimate of drug-likeness (QED) is 0.493. The van der Waals surface area contributed by atoms with Gasteiger partial charge < -0.3 is 14.2 Å². The SMILES string of the molecule is COc1ccc(C=NNC(=O)COc2ccc(Br)cc2Br)cc1OC. The van der Waals surface area contributed by atoms with Crippen LogP contribution in [0.25, 0.3) is 0 Å². The number of amides is 1. The molecule has 0 aliphatic heterocycles. The van der Waals surface area contributed by atoms with E-state index in [-0.39, 0.29) is 12.5 Å². The predicted octanol–water partition coefficient (Wildman–Crippen LogP) is 3.76. The number of nitrogens with zero attached hydrogens (tertiary/aromatic N) is 1. The zero-order valence-electron chi connectivity index (χ0n) is 13.6. The molecule has 0 aliphatic carbocycles. The molecule has 6 nitrogen and oxygen atoms in total. The molecular formula is C17H16Br2N2O4. The van der Waals surface area contributed by atoms with Crippen LogP contribution < -0.4 is 19.6 Å². The van der Waals surface area contributed by atoms with Crippen molar-refractivity contribution in [3.05, 3.63) is 50.9 Å². The van der Waals surface area contributed by atoms with Gasteiger partial charge in [0.2, 0.25) is 0 Å². The first-order valence-corrected chi connectivity index (χ1v) is 8.74. The lowest BCUT2D eigenvalue weighted by molar-refractivity contribution is -0.123. The summed E-state index contributed by atoms with van der Waals surface area (Å²) in [7, 11) is 3.12. The van der Waals surface area contributed by atoms with Gasteiger partial charge in [0.05, 0.1) is 24.9 Å². The van der Waals surface area contributed by atoms with Crippen LogP contribution in [0.3, 0.4) is 0 Å². The number of hydrazone groups is 1. The Morgan fingerprint density at radius 2 is 1.80 bits per heavy atom. The van der Waals surface area contributed by atoms with Gasteiger partial charge in [-0.25, -0.2) is 5.43 Å². The van der Waals surface area contributed by atoms with E-state index in [0.717, 1.165) is 14.5 Å². The van der Waals surface area contributed by atoms with E-state index in [1.807, 2.05) is 12.1 Å². The molecule has 2 rings (SSSR count). The lowest BCUT2D eigenvalue weighted by Gasteiger charge is -2.08. The third-order valence-corrected chi connectivity index (χ3v) is 4.18. The maximum absolute atomic E-state index is 11.8. The zero-order chi connectivity index (χ0) is 18.2. The second-order valence-electron chi connectivity index (χ2n) is 4.77. The highest BCUT2D eigenvalue weighted by Gasteiger charge is 2.06. The van der Waals surface area contributed by atoms with Gasteiger partial charge in [0.1, 0.15) is 5.75 Å². The van der Waals surface area contributed by atoms with Gasteiger partial charge in [-0.05, 0) is 57.9 Å². The highest BCUT2D eigenvalue weighted by atomic mass is 79.9. The first-order chi connectivity index (χ1) is 12.0. The van der Waals surface area contributed by atoms with E-state index < -0.39 is 0 Å². The minimum atomic E-state index is -0.369. The average Bonchev–Trinajstić information content (AvgIpc) is 2.60. The van der Waals surface area contributed by atoms with Crippen LogP contribution in [0.1, 0.15) is 5.56 Å². The van der Waals surface area contributed by atoms with Crippen LogP contribution in [0.15, 0.2) is 50.4 Å². The minimum Gasteiger partial charge on any atom is -0.493 e. The maximum atomic E-state index is 11.8. The topological polar surface area (TPSA) is 69.2 Å². The van der Waals surface area contributed by atoms with E-state index in [2.05, 4.69) is 42.4 Å². The van der Waals surface area contributed by atoms with Crippen LogP contribution in [0.2, 0.25) is 0 Å². The number of hydrogen-bond acceptors (Lipinski definition) is 5. The van der Waals surface area contributed by atoms with Gasteiger partial charge in [0.15, 0.2) is 18.1 Å². The van der Waals surface area contributed by atoms with E-state index in [0.29, 0.717) is 17.2 Å². The number of ether oxygens (including phenoxy) is 3. The smallest absolute Gasteiger partial charge is 0.277 e. The summed E-state index contributed by atoms with van der Waals surface area (Å²) in [6.45, 7) is -0.149. The number of carbonyl (C=O) groups excluding carboxylic acids is 1. The maximum Gasteiger partial charge on any atom is 0.277 e. The van der Waals surface area contributed by atoms with Crippen molar-refractivity contribution >= 4 is 44.0 Å². The molecule has 0 spiro atoms. The van der Waals surface area contributed by atoms with Gasteiger partial charge >= 0.3 is 0 Å². The van der Waals surface area contributed by atoms with E-state index in [1.54, 1.807) is 38.5 Å². The Morgan fingerprint density at radius 3 is 2.48 bits per heavy atom. The second-order valence-corrected chi connectivity index (χ2v) is 6.54. The van der Waals surface area contributed by atoms with Gasteiger partial charge in [-0.2, -0.15) is 5.10 Å². The van der Waals surface area contributed by atoms with E-state index in [4.69, 9.17) is 14.2 Å². The standard InChI is InChI=1S/C17H16Br2N2O4/c1-23-15-5-3-11(7-16(15)24-2)9-20-21-17(22)10-25-14-6-4-12(18)8-13(14)19/h3-9H,10H2,1-2H3,(H,21,22). The van der Waals surface area contributed by atoms with Gasteiger partial charge in [0.25, 0.3) is 5.91 Å². The number of benzene rings is 2. The number of hydrogen-bond donors (Lipinski definition) is 1. The second kappa shape index (κ2) is 9.43. The van der Waals surface area contributed by atoms with Crippen LogP contribution in [-0.4, -0.2) is 32.9 Å². The Balaban J connectivity index is 1.88. The number of methoxy groups -OCH3 is 2. The van der Waals surface area contributed by atoms with Crippen molar-refractivity contribution in [3.8, 4) is 17.2 Å². The fourth-order valence-corrected chi connectivity index (χ4v) is 3.04. The molecule has 1 amide bonds. The molecule has 0 radical (unpaired) electrons. The molecule has 0 unspecified atom stereocenters. The predicted molar refractivity (Wildman–Crippen MR) is 103 cm³/mol. The van der Waals surface area contributed by atoms with Crippen molar-refractivity contribution in [2.45, 2.75) is 0 Å². The molecule has 0 aliphatic rings. The summed E-state index contributed by atoms with van der Waals surface area (Å²) in [5.74, 6) is 1.41. The lowest BCUT2D eigenvalue weighted by Crippen LogP contribution is -2.24. The molecule has 1 N–H and O–H groups in total. The number of carbonyl (C=O) groups is 1. The van der Waals surface area contributed by atoms with Crippen molar-refractivity contribution in [1.82, 2.24) is 5.43 Å². The highest BCUT2D eigenvalue weighted by molar-refractivity contribution is 9.11. The molecule has 8 heteroatoms. The molecule has 132 valence electrons. The molecule has 25 heavy (non-hydrogen) atoms. The molecule has 0 heterocycles. The highest BCUT2D eigenvalue weighted by Crippen LogP contribution is 2.28. The van der Waals surface area contributed by atoms with Crippen molar-refractivity contribution in [2.75, 3.05) is 20.8 Å². The molecule has 2 aromatic carbocycles. The fourth-order valence-electron chi connectivity index (χ4n) is 1.88. The van der Waals surface area contributed by atoms with Gasteiger partial charge in [-0.15, -0.1) is 0 Å². The summed E-state index contributed by atoms with van der Waals surface area (Å²) in [6, 6.07) is 10.7. The van der Waals surface area contributed by atoms with Crippen molar-refractivity contribution in [2.24, 2.45) is 5.10 Å². The Labute approximate surface area is 162 Å². The molecular weight excluding hydrogens is 456 g/mol. The third kappa shape index (κ3) is 5.75. The largest absolute Gasteiger partial charge is 0.493 e. The van der Waals surface area contributed by atoms with Crippen LogP contribution in [0, 0.1) is 0 Å². The van der Waals surface area contributed by atoms with Gasteiger partial charge in [-0.3, -0.25) is 4.79 Å². The summed E-state index contributed by atoms with van der Waals surface area (Å²) in [5, 5.41) is 3.90. The summed E-state index contributed by atoms with van der Waals surface area (Å²) in [6.07, 6.45) is 1.51. The van der Waals surface area contributed by atoms with E-state index in [1.165, 1.54) is 6.21 Å². The first kappa shape index (κ1) is 19.3. The fraction of sp³-hybridized carbons (Fsp3) is 0.176. The molecule has 0 saturated heterocycles. The number of nitrogens with one attached hydrogen (secondary N) is 1. The van der Waals surface area contributed by atoms with Crippen LogP contribution in [0.4, 0.5) is 0 Å². The number of rotatable bonds is 7. The van der Waals surface area contributed by atoms with Gasteiger partial charge in [0, 0.05) is 4.47 Å². The van der Waals surface area contributed by atoms with Crippen LogP contribution in [0.5, 0.6) is 17.2 Å². The van der Waals surface area contributed by atoms with E-state index in [9.17, 15) is 4.79 Å². The molecule has 0 saturated carbocycles. The lowest BCUT2D eigenvalue weighted by atomic mass is 10.2. The molecule has 0 fully saturated rings. The normalized spacial score (nSPS) is 10.6. The van der Waals surface area contributed by atoms with Crippen molar-refractivity contribution in [3.63, 3.8) is 0 Å². The zero-order valence-corrected chi connectivity index (χ0v) is 16.8. The summed E-state index contributed by atoms with van der Waals surface area (Å²) in [5.41, 5.74) is 3.17. The van der Waals surface area contributed by atoms with Crippen LogP contribution in [-0.2, 0) is 4.79 Å². The van der Waals surface area contributed by atoms with Crippen LogP contribution >= 0.6 is 31.9 Å². The molecule has 2 aromatic rings. The Bertz CT molecular complexity index is 781. The third-order valence-electron chi connectivity index (χ3n) is 3.06. The van der Waals surface area contributed by atoms with Crippen molar-refractivity contribution < 1.29 is 19.0 Å². The number of halogens is 2. The molecule has 0 bridgehead atoms. The average molecular weight is 472 g/mol. The summed E-state index contributed by atoms with van der Waals surface area (Å²) < 4.78 is 17.5. The molecule has 0 atom stereocenters. The first-order valence-electron chi connectivity index (χ1n) is 7.15. The Hall–Kier alpha value is -2.06.